The summed E-state index contributed by atoms with van der Waals surface area (Å²) in [6.45, 7) is 5.09. The molecule has 0 saturated carbocycles. The topological polar surface area (TPSA) is 51.0 Å². The van der Waals surface area contributed by atoms with Gasteiger partial charge in [-0.05, 0) is 37.2 Å². The molecule has 1 heterocycles. The molecule has 2 aromatic rings. The Morgan fingerprint density at radius 3 is 2.94 bits per heavy atom. The third-order valence-corrected chi connectivity index (χ3v) is 2.41. The Balaban J connectivity index is 2.21. The summed E-state index contributed by atoms with van der Waals surface area (Å²) in [7, 11) is 0. The number of benzene rings is 1. The van der Waals surface area contributed by atoms with Crippen molar-refractivity contribution in [3.63, 3.8) is 0 Å². The number of nitrogens with one attached hydrogen (secondary N) is 1. The van der Waals surface area contributed by atoms with E-state index in [4.69, 9.17) is 4.52 Å². The van der Waals surface area contributed by atoms with Gasteiger partial charge in [0.1, 0.15) is 5.82 Å². The number of hydrogen-bond acceptors (Lipinski definition) is 4. The lowest BCUT2D eigenvalue weighted by molar-refractivity contribution is 0.369. The zero-order valence-electron chi connectivity index (χ0n) is 9.83. The first-order chi connectivity index (χ1) is 8.20. The van der Waals surface area contributed by atoms with Gasteiger partial charge in [0.25, 0.3) is 0 Å². The molecule has 1 aromatic carbocycles. The van der Waals surface area contributed by atoms with Crippen LogP contribution in [0.3, 0.4) is 0 Å². The summed E-state index contributed by atoms with van der Waals surface area (Å²) in [6.07, 6.45) is 0. The van der Waals surface area contributed by atoms with Crippen molar-refractivity contribution in [1.82, 2.24) is 15.5 Å². The number of hydrogen-bond donors (Lipinski definition) is 1. The summed E-state index contributed by atoms with van der Waals surface area (Å²) in [5.74, 6) is 0.787. The van der Waals surface area contributed by atoms with Crippen LogP contribution in [0.4, 0.5) is 4.39 Å². The molecular formula is C12H14FN3O. The van der Waals surface area contributed by atoms with E-state index in [0.29, 0.717) is 23.8 Å². The van der Waals surface area contributed by atoms with Gasteiger partial charge in [-0.2, -0.15) is 4.98 Å². The molecular weight excluding hydrogens is 221 g/mol. The van der Waals surface area contributed by atoms with E-state index in [2.05, 4.69) is 15.5 Å². The molecule has 0 saturated heterocycles. The Kier molecular flexibility index (Phi) is 3.49. The minimum atomic E-state index is -0.231. The molecule has 0 bridgehead atoms. The number of nitrogens with zero attached hydrogens (tertiary/aromatic N) is 2. The molecule has 0 fully saturated rings. The van der Waals surface area contributed by atoms with Crippen molar-refractivity contribution in [2.45, 2.75) is 20.4 Å². The van der Waals surface area contributed by atoms with E-state index in [9.17, 15) is 4.39 Å². The molecule has 0 radical (unpaired) electrons. The lowest BCUT2D eigenvalue weighted by atomic mass is 10.1. The monoisotopic (exact) mass is 235 g/mol. The third kappa shape index (κ3) is 2.68. The quantitative estimate of drug-likeness (QED) is 0.883. The largest absolute Gasteiger partial charge is 0.338 e. The summed E-state index contributed by atoms with van der Waals surface area (Å²) in [5, 5.41) is 6.96. The van der Waals surface area contributed by atoms with Crippen LogP contribution in [0.15, 0.2) is 22.7 Å². The second kappa shape index (κ2) is 5.05. The maximum atomic E-state index is 13.1. The van der Waals surface area contributed by atoms with E-state index in [-0.39, 0.29) is 5.82 Å². The molecule has 17 heavy (non-hydrogen) atoms. The van der Waals surface area contributed by atoms with Crippen LogP contribution in [0.1, 0.15) is 18.4 Å². The summed E-state index contributed by atoms with van der Waals surface area (Å²) < 4.78 is 18.2. The number of rotatable bonds is 4. The molecule has 4 nitrogen and oxygen atoms in total. The predicted octanol–water partition coefficient (Wildman–Crippen LogP) is 2.29. The van der Waals surface area contributed by atoms with Gasteiger partial charge in [-0.15, -0.1) is 0 Å². The molecule has 0 aliphatic rings. The molecule has 5 heteroatoms. The van der Waals surface area contributed by atoms with E-state index in [1.54, 1.807) is 19.1 Å². The molecule has 2 rings (SSSR count). The lowest BCUT2D eigenvalue weighted by Crippen LogP contribution is -2.11. The van der Waals surface area contributed by atoms with Gasteiger partial charge < -0.3 is 9.84 Å². The van der Waals surface area contributed by atoms with Crippen LogP contribution in [0.5, 0.6) is 0 Å². The van der Waals surface area contributed by atoms with Crippen molar-refractivity contribution in [1.29, 1.82) is 0 Å². The van der Waals surface area contributed by atoms with Crippen LogP contribution < -0.4 is 5.32 Å². The molecule has 90 valence electrons. The number of halogens is 1. The van der Waals surface area contributed by atoms with Gasteiger partial charge in [-0.25, -0.2) is 4.39 Å². The highest BCUT2D eigenvalue weighted by Gasteiger charge is 2.09. The molecule has 1 N–H and O–H groups in total. The first-order valence-corrected chi connectivity index (χ1v) is 5.50. The third-order valence-electron chi connectivity index (χ3n) is 2.41. The Labute approximate surface area is 98.8 Å². The second-order valence-corrected chi connectivity index (χ2v) is 3.76. The van der Waals surface area contributed by atoms with Crippen LogP contribution in [0.25, 0.3) is 11.4 Å². The van der Waals surface area contributed by atoms with Gasteiger partial charge in [0, 0.05) is 5.56 Å². The number of aryl methyl sites for hydroxylation is 1. The molecule has 0 unspecified atom stereocenters. The van der Waals surface area contributed by atoms with Crippen molar-refractivity contribution in [2.75, 3.05) is 6.54 Å². The standard InChI is InChI=1S/C12H14FN3O/c1-3-14-7-11-15-12(16-17-11)9-4-5-10(13)8(2)6-9/h4-6,14H,3,7H2,1-2H3. The van der Waals surface area contributed by atoms with E-state index in [1.165, 1.54) is 6.07 Å². The highest BCUT2D eigenvalue weighted by molar-refractivity contribution is 5.55. The molecule has 0 atom stereocenters. The average Bonchev–Trinajstić information content (AvgIpc) is 2.79. The van der Waals surface area contributed by atoms with Crippen molar-refractivity contribution in [3.05, 3.63) is 35.5 Å². The van der Waals surface area contributed by atoms with E-state index >= 15 is 0 Å². The van der Waals surface area contributed by atoms with E-state index < -0.39 is 0 Å². The van der Waals surface area contributed by atoms with Crippen LogP contribution in [0.2, 0.25) is 0 Å². The highest BCUT2D eigenvalue weighted by Crippen LogP contribution is 2.18. The summed E-state index contributed by atoms with van der Waals surface area (Å²) in [6, 6.07) is 4.76. The van der Waals surface area contributed by atoms with Crippen molar-refractivity contribution >= 4 is 0 Å². The maximum absolute atomic E-state index is 13.1. The van der Waals surface area contributed by atoms with Crippen LogP contribution in [-0.2, 0) is 6.54 Å². The van der Waals surface area contributed by atoms with Gasteiger partial charge in [-0.3, -0.25) is 0 Å². The Morgan fingerprint density at radius 2 is 2.24 bits per heavy atom. The van der Waals surface area contributed by atoms with Crippen LogP contribution >= 0.6 is 0 Å². The van der Waals surface area contributed by atoms with E-state index in [1.807, 2.05) is 6.92 Å². The SMILES string of the molecule is CCNCc1nc(-c2ccc(F)c(C)c2)no1. The van der Waals surface area contributed by atoms with Crippen molar-refractivity contribution in [3.8, 4) is 11.4 Å². The Morgan fingerprint density at radius 1 is 1.41 bits per heavy atom. The fourth-order valence-electron chi connectivity index (χ4n) is 1.46. The molecule has 0 amide bonds. The first-order valence-electron chi connectivity index (χ1n) is 5.50. The maximum Gasteiger partial charge on any atom is 0.240 e. The minimum absolute atomic E-state index is 0.231. The summed E-state index contributed by atoms with van der Waals surface area (Å²) >= 11 is 0. The zero-order valence-corrected chi connectivity index (χ0v) is 9.83. The molecule has 0 aliphatic carbocycles. The lowest BCUT2D eigenvalue weighted by Gasteiger charge is -1.98. The Hall–Kier alpha value is -1.75. The van der Waals surface area contributed by atoms with Gasteiger partial charge in [-0.1, -0.05) is 12.1 Å². The molecule has 0 aliphatic heterocycles. The first kappa shape index (κ1) is 11.7. The molecule has 0 spiro atoms. The van der Waals surface area contributed by atoms with Gasteiger partial charge in [0.2, 0.25) is 11.7 Å². The van der Waals surface area contributed by atoms with E-state index in [0.717, 1.165) is 12.1 Å². The van der Waals surface area contributed by atoms with Crippen LogP contribution in [-0.4, -0.2) is 16.7 Å². The smallest absolute Gasteiger partial charge is 0.240 e. The summed E-state index contributed by atoms with van der Waals surface area (Å²) in [5.41, 5.74) is 1.33. The van der Waals surface area contributed by atoms with Crippen molar-refractivity contribution < 1.29 is 8.91 Å². The van der Waals surface area contributed by atoms with Gasteiger partial charge in [0.15, 0.2) is 0 Å². The van der Waals surface area contributed by atoms with Gasteiger partial charge >= 0.3 is 0 Å². The predicted molar refractivity (Wildman–Crippen MR) is 61.8 cm³/mol. The second-order valence-electron chi connectivity index (χ2n) is 3.76. The zero-order chi connectivity index (χ0) is 12.3. The Bertz CT molecular complexity index is 510. The average molecular weight is 235 g/mol. The van der Waals surface area contributed by atoms with Gasteiger partial charge in [0.05, 0.1) is 6.54 Å². The minimum Gasteiger partial charge on any atom is -0.338 e. The fraction of sp³-hybridized carbons (Fsp3) is 0.333. The normalized spacial score (nSPS) is 10.8. The summed E-state index contributed by atoms with van der Waals surface area (Å²) in [4.78, 5) is 4.23. The molecule has 1 aromatic heterocycles. The van der Waals surface area contributed by atoms with Crippen molar-refractivity contribution in [2.24, 2.45) is 0 Å². The fourth-order valence-corrected chi connectivity index (χ4v) is 1.46. The van der Waals surface area contributed by atoms with Crippen LogP contribution in [0, 0.1) is 12.7 Å². The highest BCUT2D eigenvalue weighted by atomic mass is 19.1. The number of aromatic nitrogens is 2.